The highest BCUT2D eigenvalue weighted by molar-refractivity contribution is 6.23. The Bertz CT molecular complexity index is 2490. The normalized spacial score (nSPS) is 25.7. The highest BCUT2D eigenvalue weighted by Crippen LogP contribution is 2.37. The number of nitrogens with one attached hydrogen (secondary N) is 1. The third-order valence-corrected chi connectivity index (χ3v) is 11.0. The fourth-order valence-electron chi connectivity index (χ4n) is 7.86. The SMILES string of the molecule is [2H]C1([2H])N(CC2CCN(c3ccc(C(=C(CCCl)c4ccccc4)c4ccc(O)cc4)cc3)CC2)C([2H])([2H])C([2H])([2H])N(c2ccc3c(c2)C(=O)N(C2CCC(=O)NC2=O)C3=O)C1([2H])[2H]. The minimum absolute atomic E-state index is 0.101. The topological polar surface area (TPSA) is 114 Å². The summed E-state index contributed by atoms with van der Waals surface area (Å²) in [6, 6.07) is 27.2. The number of halogens is 1. The monoisotopic (exact) mass is 779 g/mol. The molecule has 4 aromatic rings. The minimum Gasteiger partial charge on any atom is -0.508 e. The van der Waals surface area contributed by atoms with Crippen LogP contribution in [0.5, 0.6) is 5.75 Å². The van der Waals surface area contributed by atoms with Crippen molar-refractivity contribution in [1.29, 1.82) is 0 Å². The smallest absolute Gasteiger partial charge is 0.262 e. The van der Waals surface area contributed by atoms with Gasteiger partial charge in [-0.2, -0.15) is 0 Å². The zero-order valence-electron chi connectivity index (χ0n) is 38.5. The first-order chi connectivity index (χ1) is 30.3. The van der Waals surface area contributed by atoms with Crippen LogP contribution in [0.3, 0.4) is 0 Å². The Kier molecular flexibility index (Phi) is 8.43. The molecule has 4 aliphatic rings. The predicted octanol–water partition coefficient (Wildman–Crippen LogP) is 6.42. The number of phenols is 1. The molecule has 1 atom stereocenters. The van der Waals surface area contributed by atoms with Gasteiger partial charge in [0.1, 0.15) is 11.8 Å². The molecule has 0 aliphatic carbocycles. The van der Waals surface area contributed by atoms with Crippen molar-refractivity contribution in [2.45, 2.75) is 38.1 Å². The van der Waals surface area contributed by atoms with Gasteiger partial charge >= 0.3 is 0 Å². The van der Waals surface area contributed by atoms with Crippen LogP contribution in [-0.4, -0.2) is 96.1 Å². The average Bonchev–Trinajstić information content (AvgIpc) is 3.50. The molecule has 3 fully saturated rings. The molecule has 288 valence electrons. The van der Waals surface area contributed by atoms with Crippen LogP contribution in [0.2, 0.25) is 0 Å². The lowest BCUT2D eigenvalue weighted by Crippen LogP contribution is -2.54. The van der Waals surface area contributed by atoms with E-state index in [4.69, 9.17) is 22.6 Å². The molecule has 8 rings (SSSR count). The Labute approximate surface area is 343 Å². The van der Waals surface area contributed by atoms with Gasteiger partial charge in [0.2, 0.25) is 11.8 Å². The molecule has 4 amide bonds. The summed E-state index contributed by atoms with van der Waals surface area (Å²) in [6.45, 7) is -11.9. The molecule has 3 saturated heterocycles. The Balaban J connectivity index is 0.997. The number of nitrogens with zero attached hydrogens (tertiary/aromatic N) is 4. The number of fused-ring (bicyclic) bond motifs is 1. The van der Waals surface area contributed by atoms with E-state index in [-0.39, 0.29) is 47.9 Å². The molecule has 0 radical (unpaired) electrons. The fourth-order valence-corrected chi connectivity index (χ4v) is 8.05. The van der Waals surface area contributed by atoms with E-state index in [1.807, 2.05) is 66.7 Å². The van der Waals surface area contributed by atoms with E-state index in [1.165, 1.54) is 0 Å². The van der Waals surface area contributed by atoms with Crippen molar-refractivity contribution < 1.29 is 35.3 Å². The fraction of sp³-hybridized carbons (Fsp3) is 0.333. The van der Waals surface area contributed by atoms with E-state index in [0.29, 0.717) is 52.9 Å². The highest BCUT2D eigenvalue weighted by Gasteiger charge is 2.45. The van der Waals surface area contributed by atoms with Gasteiger partial charge in [-0.1, -0.05) is 54.6 Å². The summed E-state index contributed by atoms with van der Waals surface area (Å²) < 4.78 is 72.7. The maximum Gasteiger partial charge on any atom is 0.262 e. The number of anilines is 2. The maximum atomic E-state index is 13.6. The van der Waals surface area contributed by atoms with Crippen LogP contribution in [0.4, 0.5) is 11.4 Å². The number of aromatic hydroxyl groups is 1. The third-order valence-electron chi connectivity index (χ3n) is 10.8. The average molecular weight is 780 g/mol. The molecule has 0 spiro atoms. The zero-order chi connectivity index (χ0) is 45.9. The summed E-state index contributed by atoms with van der Waals surface area (Å²) in [5.74, 6) is -2.91. The van der Waals surface area contributed by atoms with Gasteiger partial charge in [-0.15, -0.1) is 11.6 Å². The number of hydrogen-bond acceptors (Lipinski definition) is 8. The Morgan fingerprint density at radius 3 is 2.04 bits per heavy atom. The molecular weight excluding hydrogens is 726 g/mol. The quantitative estimate of drug-likeness (QED) is 0.108. The van der Waals surface area contributed by atoms with Crippen molar-refractivity contribution >= 4 is 57.8 Å². The number of rotatable bonds is 10. The van der Waals surface area contributed by atoms with Crippen LogP contribution in [0.1, 0.15) is 80.5 Å². The van der Waals surface area contributed by atoms with Crippen LogP contribution in [-0.2, 0) is 9.59 Å². The number of carbonyl (C=O) groups excluding carboxylic acids is 4. The highest BCUT2D eigenvalue weighted by atomic mass is 35.5. The first-order valence-corrected chi connectivity index (χ1v) is 19.3. The first-order valence-electron chi connectivity index (χ1n) is 22.7. The van der Waals surface area contributed by atoms with E-state index >= 15 is 0 Å². The summed E-state index contributed by atoms with van der Waals surface area (Å²) in [5, 5.41) is 12.2. The minimum atomic E-state index is -3.22. The summed E-state index contributed by atoms with van der Waals surface area (Å²) in [6.07, 6.45) is 1.37. The standard InChI is InChI=1S/C45H46ClN5O5/c46-21-18-37(31-4-2-1-3-5-31)42(33-8-13-36(52)14-9-33)32-6-10-34(11-7-32)49-22-19-30(20-23-49)29-48-24-26-50(27-25-48)35-12-15-38-39(28-35)45(56)51(44(38)55)40-16-17-41(53)47-43(40)54/h1-15,28,30,40,52H,16-27,29H2,(H,47,53,54)/i24D2,25D2,26D2,27D2. The van der Waals surface area contributed by atoms with Gasteiger partial charge in [0.05, 0.1) is 16.6 Å². The number of allylic oxidation sites excluding steroid dienone is 1. The molecule has 10 nitrogen and oxygen atoms in total. The van der Waals surface area contributed by atoms with Crippen molar-refractivity contribution in [3.8, 4) is 5.75 Å². The number of imide groups is 2. The lowest BCUT2D eigenvalue weighted by Gasteiger charge is -2.40. The van der Waals surface area contributed by atoms with Gasteiger partial charge in [0.25, 0.3) is 11.8 Å². The van der Waals surface area contributed by atoms with Crippen LogP contribution < -0.4 is 15.1 Å². The van der Waals surface area contributed by atoms with Gasteiger partial charge in [-0.3, -0.25) is 34.3 Å². The summed E-state index contributed by atoms with van der Waals surface area (Å²) in [7, 11) is 0. The first kappa shape index (κ1) is 28.9. The number of carbonyl (C=O) groups is 4. The van der Waals surface area contributed by atoms with Crippen molar-refractivity contribution in [2.24, 2.45) is 5.92 Å². The summed E-state index contributed by atoms with van der Waals surface area (Å²) in [5.41, 5.74) is 5.06. The summed E-state index contributed by atoms with van der Waals surface area (Å²) in [4.78, 5) is 55.1. The van der Waals surface area contributed by atoms with E-state index in [2.05, 4.69) is 10.2 Å². The molecule has 4 aromatic carbocycles. The molecular formula is C45H46ClN5O5. The molecule has 0 bridgehead atoms. The summed E-state index contributed by atoms with van der Waals surface area (Å²) >= 11 is 6.34. The molecule has 0 saturated carbocycles. The Morgan fingerprint density at radius 2 is 1.38 bits per heavy atom. The number of alkyl halides is 1. The van der Waals surface area contributed by atoms with E-state index < -0.39 is 55.7 Å². The number of piperazine rings is 1. The van der Waals surface area contributed by atoms with Crippen LogP contribution in [0, 0.1) is 5.92 Å². The van der Waals surface area contributed by atoms with Crippen molar-refractivity contribution in [1.82, 2.24) is 15.1 Å². The van der Waals surface area contributed by atoms with E-state index in [1.54, 1.807) is 12.1 Å². The number of benzene rings is 4. The maximum absolute atomic E-state index is 13.6. The van der Waals surface area contributed by atoms with E-state index in [0.717, 1.165) is 51.7 Å². The second-order valence-corrected chi connectivity index (χ2v) is 14.6. The van der Waals surface area contributed by atoms with Gasteiger partial charge in [-0.25, -0.2) is 0 Å². The molecule has 1 unspecified atom stereocenters. The van der Waals surface area contributed by atoms with Crippen LogP contribution >= 0.6 is 11.6 Å². The van der Waals surface area contributed by atoms with E-state index in [9.17, 15) is 24.3 Å². The van der Waals surface area contributed by atoms with Gasteiger partial charge in [0, 0.05) is 74.8 Å². The molecule has 56 heavy (non-hydrogen) atoms. The van der Waals surface area contributed by atoms with Gasteiger partial charge in [0.15, 0.2) is 0 Å². The number of piperidine rings is 2. The number of hydrogen-bond donors (Lipinski definition) is 2. The molecule has 0 aromatic heterocycles. The van der Waals surface area contributed by atoms with Crippen molar-refractivity contribution in [2.75, 3.05) is 61.3 Å². The van der Waals surface area contributed by atoms with Crippen LogP contribution in [0.25, 0.3) is 11.1 Å². The van der Waals surface area contributed by atoms with Gasteiger partial charge < -0.3 is 14.9 Å². The molecule has 4 heterocycles. The lowest BCUT2D eigenvalue weighted by atomic mass is 9.88. The third kappa shape index (κ3) is 7.68. The lowest BCUT2D eigenvalue weighted by molar-refractivity contribution is -0.136. The molecule has 4 aliphatic heterocycles. The van der Waals surface area contributed by atoms with Crippen molar-refractivity contribution in [3.63, 3.8) is 0 Å². The Hall–Kier alpha value is -5.45. The number of amides is 4. The second-order valence-electron chi connectivity index (χ2n) is 14.3. The van der Waals surface area contributed by atoms with Crippen molar-refractivity contribution in [3.05, 3.63) is 125 Å². The zero-order valence-corrected chi connectivity index (χ0v) is 31.3. The predicted molar refractivity (Wildman–Crippen MR) is 219 cm³/mol. The number of phenolic OH excluding ortho intramolecular Hbond substituents is 1. The molecule has 11 heteroatoms. The van der Waals surface area contributed by atoms with Gasteiger partial charge in [-0.05, 0) is 102 Å². The Morgan fingerprint density at radius 1 is 0.732 bits per heavy atom. The largest absolute Gasteiger partial charge is 0.508 e. The second kappa shape index (κ2) is 16.3. The van der Waals surface area contributed by atoms with Crippen LogP contribution in [0.15, 0.2) is 97.1 Å². The molecule has 2 N–H and O–H groups in total.